The molecule has 0 saturated heterocycles. The minimum absolute atomic E-state index is 0.185. The Kier molecular flexibility index (Phi) is 5.74. The summed E-state index contributed by atoms with van der Waals surface area (Å²) in [5.41, 5.74) is 4.22. The maximum Gasteiger partial charge on any atom is 0.419 e. The predicted molar refractivity (Wildman–Crippen MR) is 106 cm³/mol. The zero-order valence-corrected chi connectivity index (χ0v) is 17.2. The van der Waals surface area contributed by atoms with Crippen molar-refractivity contribution in [2.45, 2.75) is 32.5 Å². The number of aromatic nitrogens is 4. The van der Waals surface area contributed by atoms with E-state index in [2.05, 4.69) is 25.7 Å². The van der Waals surface area contributed by atoms with Gasteiger partial charge in [0.25, 0.3) is 0 Å². The predicted octanol–water partition coefficient (Wildman–Crippen LogP) is 3.39. The van der Waals surface area contributed by atoms with Crippen LogP contribution in [0.4, 0.5) is 28.9 Å². The van der Waals surface area contributed by atoms with Crippen molar-refractivity contribution in [1.29, 1.82) is 0 Å². The van der Waals surface area contributed by atoms with Gasteiger partial charge < -0.3 is 21.1 Å². The van der Waals surface area contributed by atoms with Crippen molar-refractivity contribution in [1.82, 2.24) is 24.9 Å². The van der Waals surface area contributed by atoms with E-state index in [-0.39, 0.29) is 5.56 Å². The molecule has 3 heterocycles. The number of nitrogens with zero attached hydrogens (tertiary/aromatic N) is 4. The first-order chi connectivity index (χ1) is 13.9. The summed E-state index contributed by atoms with van der Waals surface area (Å²) < 4.78 is 45.6. The van der Waals surface area contributed by atoms with Gasteiger partial charge in [-0.05, 0) is 26.8 Å². The van der Waals surface area contributed by atoms with Gasteiger partial charge in [-0.15, -0.1) is 5.10 Å². The van der Waals surface area contributed by atoms with Crippen LogP contribution in [0.2, 0.25) is 0 Å². The molecule has 9 nitrogen and oxygen atoms in total. The highest BCUT2D eigenvalue weighted by molar-refractivity contribution is 7.20. The standard InChI is InChI=1S/C17H20F3N7O2S/c1-16(2,3)29-15(28)23-5-4-22-13-26-27-8-11(25-14(27)30-13)9-6-10(17(18,19)20)12(21)24-7-9/h6-8H,4-5H2,1-3H3,(H2,21,24)(H,22,26)(H,23,28). The zero-order valence-electron chi connectivity index (χ0n) is 16.4. The number of nitrogen functional groups attached to an aromatic ring is 1. The molecule has 162 valence electrons. The SMILES string of the molecule is CC(C)(C)OC(=O)NCCNc1nn2cc(-c3cnc(N)c(C(F)(F)F)c3)nc2s1. The van der Waals surface area contributed by atoms with Gasteiger partial charge in [-0.25, -0.2) is 19.3 Å². The minimum atomic E-state index is -4.60. The number of imidazole rings is 1. The molecule has 3 rings (SSSR count). The number of carbonyl (C=O) groups excluding carboxylic acids is 1. The van der Waals surface area contributed by atoms with Gasteiger partial charge in [-0.3, -0.25) is 0 Å². The van der Waals surface area contributed by atoms with Gasteiger partial charge in [0.1, 0.15) is 11.4 Å². The number of ether oxygens (including phenoxy) is 1. The number of anilines is 2. The number of hydrogen-bond donors (Lipinski definition) is 3. The second-order valence-corrected chi connectivity index (χ2v) is 8.23. The van der Waals surface area contributed by atoms with E-state index in [1.807, 2.05) is 0 Å². The average Bonchev–Trinajstić information content (AvgIpc) is 3.15. The Morgan fingerprint density at radius 2 is 2.03 bits per heavy atom. The fourth-order valence-corrected chi connectivity index (χ4v) is 3.21. The van der Waals surface area contributed by atoms with Gasteiger partial charge in [-0.2, -0.15) is 13.2 Å². The Bertz CT molecular complexity index is 1020. The molecular weight excluding hydrogens is 423 g/mol. The van der Waals surface area contributed by atoms with E-state index >= 15 is 0 Å². The summed E-state index contributed by atoms with van der Waals surface area (Å²) >= 11 is 1.21. The van der Waals surface area contributed by atoms with Crippen LogP contribution in [-0.4, -0.2) is 44.4 Å². The van der Waals surface area contributed by atoms with E-state index in [4.69, 9.17) is 10.5 Å². The number of hydrogen-bond acceptors (Lipinski definition) is 8. The monoisotopic (exact) mass is 443 g/mol. The van der Waals surface area contributed by atoms with Crippen LogP contribution in [0.1, 0.15) is 26.3 Å². The largest absolute Gasteiger partial charge is 0.444 e. The summed E-state index contributed by atoms with van der Waals surface area (Å²) in [6.45, 7) is 6.04. The lowest BCUT2D eigenvalue weighted by molar-refractivity contribution is -0.137. The van der Waals surface area contributed by atoms with Crippen LogP contribution >= 0.6 is 11.3 Å². The highest BCUT2D eigenvalue weighted by Crippen LogP contribution is 2.35. The number of alkyl halides is 3. The van der Waals surface area contributed by atoms with Crippen LogP contribution in [-0.2, 0) is 10.9 Å². The van der Waals surface area contributed by atoms with Crippen molar-refractivity contribution in [2.24, 2.45) is 0 Å². The first kappa shape index (κ1) is 21.6. The molecule has 3 aromatic rings. The molecule has 0 saturated carbocycles. The van der Waals surface area contributed by atoms with Crippen LogP contribution in [0.25, 0.3) is 16.2 Å². The van der Waals surface area contributed by atoms with Crippen molar-refractivity contribution >= 4 is 33.3 Å². The third-order valence-electron chi connectivity index (χ3n) is 3.63. The Hall–Kier alpha value is -3.09. The van der Waals surface area contributed by atoms with E-state index < -0.39 is 29.3 Å². The van der Waals surface area contributed by atoms with Gasteiger partial charge in [0.15, 0.2) is 0 Å². The van der Waals surface area contributed by atoms with Gasteiger partial charge in [-0.1, -0.05) is 11.3 Å². The molecule has 0 unspecified atom stereocenters. The van der Waals surface area contributed by atoms with Gasteiger partial charge >= 0.3 is 12.3 Å². The molecule has 0 aromatic carbocycles. The summed E-state index contributed by atoms with van der Waals surface area (Å²) in [4.78, 5) is 20.0. The molecular formula is C17H20F3N7O2S. The molecule has 30 heavy (non-hydrogen) atoms. The summed E-state index contributed by atoms with van der Waals surface area (Å²) in [5, 5.41) is 10.5. The molecule has 1 amide bonds. The van der Waals surface area contributed by atoms with Crippen LogP contribution < -0.4 is 16.4 Å². The molecule has 0 bridgehead atoms. The lowest BCUT2D eigenvalue weighted by atomic mass is 10.1. The second kappa shape index (κ2) is 7.97. The Balaban J connectivity index is 1.62. The smallest absolute Gasteiger partial charge is 0.419 e. The topological polar surface area (TPSA) is 119 Å². The number of nitrogens with two attached hydrogens (primary N) is 1. The average molecular weight is 443 g/mol. The van der Waals surface area contributed by atoms with E-state index in [0.29, 0.717) is 28.9 Å². The van der Waals surface area contributed by atoms with E-state index in [1.165, 1.54) is 28.2 Å². The number of pyridine rings is 1. The number of nitrogens with one attached hydrogen (secondary N) is 2. The van der Waals surface area contributed by atoms with Crippen molar-refractivity contribution in [3.8, 4) is 11.3 Å². The van der Waals surface area contributed by atoms with Gasteiger partial charge in [0.05, 0.1) is 17.5 Å². The second-order valence-electron chi connectivity index (χ2n) is 7.27. The molecule has 0 aliphatic carbocycles. The molecule has 3 aromatic heterocycles. The number of halogens is 3. The first-order valence-electron chi connectivity index (χ1n) is 8.82. The zero-order chi connectivity index (χ0) is 22.1. The maximum absolute atomic E-state index is 13.0. The van der Waals surface area contributed by atoms with Crippen LogP contribution in [0, 0.1) is 0 Å². The molecule has 0 spiro atoms. The third-order valence-corrected chi connectivity index (χ3v) is 4.51. The normalized spacial score (nSPS) is 12.2. The first-order valence-corrected chi connectivity index (χ1v) is 9.64. The Morgan fingerprint density at radius 1 is 1.30 bits per heavy atom. The fraction of sp³-hybridized carbons (Fsp3) is 0.412. The highest BCUT2D eigenvalue weighted by Gasteiger charge is 2.34. The van der Waals surface area contributed by atoms with Crippen LogP contribution in [0.3, 0.4) is 0 Å². The minimum Gasteiger partial charge on any atom is -0.444 e. The highest BCUT2D eigenvalue weighted by atomic mass is 32.1. The summed E-state index contributed by atoms with van der Waals surface area (Å²) in [5.74, 6) is -0.586. The van der Waals surface area contributed by atoms with E-state index in [0.717, 1.165) is 6.07 Å². The van der Waals surface area contributed by atoms with Crippen molar-refractivity contribution in [3.05, 3.63) is 24.0 Å². The van der Waals surface area contributed by atoms with Crippen LogP contribution in [0.5, 0.6) is 0 Å². The lowest BCUT2D eigenvalue weighted by Crippen LogP contribution is -2.34. The fourth-order valence-electron chi connectivity index (χ4n) is 2.40. The molecule has 0 atom stereocenters. The molecule has 0 fully saturated rings. The van der Waals surface area contributed by atoms with Crippen LogP contribution in [0.15, 0.2) is 18.5 Å². The lowest BCUT2D eigenvalue weighted by Gasteiger charge is -2.19. The number of fused-ring (bicyclic) bond motifs is 1. The van der Waals surface area contributed by atoms with Gasteiger partial charge in [0, 0.05) is 24.8 Å². The summed E-state index contributed by atoms with van der Waals surface area (Å²) in [6.07, 6.45) is -2.38. The van der Waals surface area contributed by atoms with Crippen molar-refractivity contribution in [3.63, 3.8) is 0 Å². The van der Waals surface area contributed by atoms with E-state index in [1.54, 1.807) is 20.8 Å². The molecule has 0 aliphatic heterocycles. The molecule has 4 N–H and O–H groups in total. The maximum atomic E-state index is 13.0. The number of alkyl carbamates (subject to hydrolysis) is 1. The third kappa shape index (κ3) is 5.28. The van der Waals surface area contributed by atoms with Crippen molar-refractivity contribution in [2.75, 3.05) is 24.1 Å². The quantitative estimate of drug-likeness (QED) is 0.517. The van der Waals surface area contributed by atoms with Gasteiger partial charge in [0.2, 0.25) is 10.1 Å². The summed E-state index contributed by atoms with van der Waals surface area (Å²) in [7, 11) is 0. The molecule has 13 heteroatoms. The number of carbonyl (C=O) groups is 1. The van der Waals surface area contributed by atoms with Crippen molar-refractivity contribution < 1.29 is 22.7 Å². The molecule has 0 aliphatic rings. The Labute approximate surface area is 173 Å². The number of rotatable bonds is 5. The Morgan fingerprint density at radius 3 is 2.67 bits per heavy atom. The van der Waals surface area contributed by atoms with E-state index in [9.17, 15) is 18.0 Å². The summed E-state index contributed by atoms with van der Waals surface area (Å²) in [6, 6.07) is 0.913. The number of amides is 1. The molecule has 0 radical (unpaired) electrons.